The average Bonchev–Trinajstić information content (AvgIpc) is 2.98. The fraction of sp³-hybridized carbons (Fsp3) is 0.579. The molecule has 0 aromatic heterocycles. The van der Waals surface area contributed by atoms with E-state index in [1.54, 1.807) is 11.1 Å². The molecule has 110 valence electrons. The van der Waals surface area contributed by atoms with E-state index in [4.69, 9.17) is 0 Å². The van der Waals surface area contributed by atoms with Crippen molar-refractivity contribution in [2.75, 3.05) is 13.1 Å². The van der Waals surface area contributed by atoms with Crippen LogP contribution in [0.2, 0.25) is 0 Å². The predicted molar refractivity (Wildman–Crippen MR) is 88.9 cm³/mol. The van der Waals surface area contributed by atoms with Gasteiger partial charge < -0.3 is 4.90 Å². The van der Waals surface area contributed by atoms with Crippen molar-refractivity contribution in [2.24, 2.45) is 0 Å². The van der Waals surface area contributed by atoms with Crippen LogP contribution in [0.25, 0.3) is 0 Å². The van der Waals surface area contributed by atoms with Crippen LogP contribution in [0.5, 0.6) is 0 Å². The minimum atomic E-state index is 0.825. The number of hydrogen-bond donors (Lipinski definition) is 0. The van der Waals surface area contributed by atoms with Gasteiger partial charge in [0.25, 0.3) is 0 Å². The van der Waals surface area contributed by atoms with Crippen molar-refractivity contribution < 1.29 is 0 Å². The number of terminal acetylenes is 1. The summed E-state index contributed by atoms with van der Waals surface area (Å²) in [5.41, 5.74) is 3.21. The molecule has 0 amide bonds. The second kappa shape index (κ2) is 9.61. The maximum Gasteiger partial charge on any atom is 0.0136 e. The van der Waals surface area contributed by atoms with E-state index in [-0.39, 0.29) is 0 Å². The minimum Gasteiger partial charge on any atom is -0.300 e. The maximum absolute atomic E-state index is 4.00. The Hall–Kier alpha value is -1.26. The molecule has 0 saturated carbocycles. The Morgan fingerprint density at radius 2 is 1.55 bits per heavy atom. The van der Waals surface area contributed by atoms with Crippen molar-refractivity contribution >= 4 is 0 Å². The summed E-state index contributed by atoms with van der Waals surface area (Å²) in [6.07, 6.45) is 16.2. The lowest BCUT2D eigenvalue weighted by molar-refractivity contribution is 0.229. The molecule has 1 heterocycles. The Labute approximate surface area is 125 Å². The monoisotopic (exact) mass is 271 g/mol. The van der Waals surface area contributed by atoms with Crippen LogP contribution in [-0.4, -0.2) is 24.0 Å². The topological polar surface area (TPSA) is 3.24 Å². The Kier molecular flexibility index (Phi) is 8.07. The second-order valence-corrected chi connectivity index (χ2v) is 5.26. The van der Waals surface area contributed by atoms with Gasteiger partial charge in [-0.05, 0) is 62.7 Å². The highest BCUT2D eigenvalue weighted by atomic mass is 15.2. The summed E-state index contributed by atoms with van der Waals surface area (Å²) in [6.45, 7) is 6.68. The average molecular weight is 271 g/mol. The van der Waals surface area contributed by atoms with Gasteiger partial charge in [-0.25, -0.2) is 0 Å². The molecule has 1 nitrogen and oxygen atoms in total. The zero-order valence-electron chi connectivity index (χ0n) is 13.1. The van der Waals surface area contributed by atoms with Crippen LogP contribution in [0, 0.1) is 12.8 Å². The van der Waals surface area contributed by atoms with Crippen LogP contribution in [0.15, 0.2) is 24.3 Å². The molecule has 1 atom stereocenters. The minimum absolute atomic E-state index is 0.825. The van der Waals surface area contributed by atoms with Gasteiger partial charge in [0.15, 0.2) is 0 Å². The van der Waals surface area contributed by atoms with E-state index in [9.17, 15) is 0 Å². The van der Waals surface area contributed by atoms with Crippen LogP contribution < -0.4 is 0 Å². The summed E-state index contributed by atoms with van der Waals surface area (Å²) in [7, 11) is 0. The molecule has 1 heteroatoms. The number of fused-ring (bicyclic) bond motifs is 1. The van der Waals surface area contributed by atoms with E-state index in [0.717, 1.165) is 6.04 Å². The van der Waals surface area contributed by atoms with Crippen molar-refractivity contribution in [3.63, 3.8) is 0 Å². The Morgan fingerprint density at radius 3 is 2.20 bits per heavy atom. The van der Waals surface area contributed by atoms with E-state index >= 15 is 0 Å². The number of aryl methyl sites for hydroxylation is 1. The summed E-state index contributed by atoms with van der Waals surface area (Å²) in [6, 6.07) is 9.87. The molecule has 0 spiro atoms. The lowest BCUT2D eigenvalue weighted by Crippen LogP contribution is -2.33. The molecule has 1 fully saturated rings. The number of rotatable bonds is 1. The molecular formula is C19H29N. The number of benzene rings is 1. The fourth-order valence-electron chi connectivity index (χ4n) is 3.30. The molecule has 0 unspecified atom stereocenters. The summed E-state index contributed by atoms with van der Waals surface area (Å²) in [5, 5.41) is 0. The third-order valence-electron chi connectivity index (χ3n) is 4.21. The third kappa shape index (κ3) is 4.39. The molecular weight excluding hydrogens is 242 g/mol. The van der Waals surface area contributed by atoms with Gasteiger partial charge in [0.2, 0.25) is 0 Å². The van der Waals surface area contributed by atoms with Crippen LogP contribution in [0.4, 0.5) is 0 Å². The van der Waals surface area contributed by atoms with Crippen LogP contribution in [0.3, 0.4) is 0 Å². The molecule has 0 N–H and O–H groups in total. The van der Waals surface area contributed by atoms with Gasteiger partial charge in [-0.3, -0.25) is 0 Å². The van der Waals surface area contributed by atoms with E-state index in [0.29, 0.717) is 0 Å². The SMILES string of the molecule is C#C.CC.c1ccc2c(c1)CCC[C@H](N1CCCC1)C2. The normalized spacial score (nSPS) is 21.5. The van der Waals surface area contributed by atoms with Crippen molar-refractivity contribution in [1.29, 1.82) is 0 Å². The van der Waals surface area contributed by atoms with E-state index in [1.807, 2.05) is 13.8 Å². The van der Waals surface area contributed by atoms with Gasteiger partial charge in [-0.2, -0.15) is 0 Å². The largest absolute Gasteiger partial charge is 0.300 e. The first-order valence-electron chi connectivity index (χ1n) is 8.07. The number of hydrogen-bond acceptors (Lipinski definition) is 1. The summed E-state index contributed by atoms with van der Waals surface area (Å²) < 4.78 is 0. The molecule has 3 rings (SSSR count). The Bertz CT molecular complexity index is 388. The van der Waals surface area contributed by atoms with Crippen LogP contribution >= 0.6 is 0 Å². The standard InChI is InChI=1S/C15H21N.C2H6.C2H2/c1-2-7-14-12-15(16-10-3-4-11-16)9-5-8-13(14)6-1;2*1-2/h1-2,6-7,15H,3-5,8-12H2;1-2H3;1-2H/t15-;;/m0../s1. The Balaban J connectivity index is 0.000000461. The summed E-state index contributed by atoms with van der Waals surface area (Å²) in [4.78, 5) is 2.72. The summed E-state index contributed by atoms with van der Waals surface area (Å²) >= 11 is 0. The van der Waals surface area contributed by atoms with Gasteiger partial charge in [0.05, 0.1) is 0 Å². The smallest absolute Gasteiger partial charge is 0.0136 e. The maximum atomic E-state index is 4.00. The first-order chi connectivity index (χ1) is 9.93. The summed E-state index contributed by atoms with van der Waals surface area (Å²) in [5.74, 6) is 0. The molecule has 0 bridgehead atoms. The fourth-order valence-corrected chi connectivity index (χ4v) is 3.30. The predicted octanol–water partition coefficient (Wildman–Crippen LogP) is 4.31. The lowest BCUT2D eigenvalue weighted by Gasteiger charge is -2.26. The van der Waals surface area contributed by atoms with Crippen LogP contribution in [-0.2, 0) is 12.8 Å². The first kappa shape index (κ1) is 16.8. The van der Waals surface area contributed by atoms with Crippen molar-refractivity contribution in [3.05, 3.63) is 35.4 Å². The highest BCUT2D eigenvalue weighted by molar-refractivity contribution is 5.29. The first-order valence-corrected chi connectivity index (χ1v) is 8.07. The molecule has 20 heavy (non-hydrogen) atoms. The van der Waals surface area contributed by atoms with Gasteiger partial charge in [-0.1, -0.05) is 38.1 Å². The highest BCUT2D eigenvalue weighted by Crippen LogP contribution is 2.25. The van der Waals surface area contributed by atoms with Gasteiger partial charge >= 0.3 is 0 Å². The lowest BCUT2D eigenvalue weighted by atomic mass is 10.0. The molecule has 2 aliphatic rings. The molecule has 1 aliphatic heterocycles. The van der Waals surface area contributed by atoms with Crippen molar-refractivity contribution in [1.82, 2.24) is 4.90 Å². The van der Waals surface area contributed by atoms with Gasteiger partial charge in [0, 0.05) is 6.04 Å². The van der Waals surface area contributed by atoms with Gasteiger partial charge in [0.1, 0.15) is 0 Å². The third-order valence-corrected chi connectivity index (χ3v) is 4.21. The number of nitrogens with zero attached hydrogens (tertiary/aromatic N) is 1. The van der Waals surface area contributed by atoms with E-state index in [1.165, 1.54) is 51.6 Å². The van der Waals surface area contributed by atoms with Crippen molar-refractivity contribution in [2.45, 2.75) is 58.4 Å². The quantitative estimate of drug-likeness (QED) is 0.543. The number of likely N-dealkylation sites (tertiary alicyclic amines) is 1. The van der Waals surface area contributed by atoms with Gasteiger partial charge in [-0.15, -0.1) is 12.8 Å². The van der Waals surface area contributed by atoms with Crippen LogP contribution in [0.1, 0.15) is 50.7 Å². The Morgan fingerprint density at radius 1 is 0.950 bits per heavy atom. The second-order valence-electron chi connectivity index (χ2n) is 5.26. The zero-order chi connectivity index (χ0) is 14.8. The molecule has 1 aromatic carbocycles. The zero-order valence-corrected chi connectivity index (χ0v) is 13.1. The molecule has 1 aromatic rings. The van der Waals surface area contributed by atoms with E-state index in [2.05, 4.69) is 42.0 Å². The molecule has 0 radical (unpaired) electrons. The molecule has 1 aliphatic carbocycles. The highest BCUT2D eigenvalue weighted by Gasteiger charge is 2.24. The van der Waals surface area contributed by atoms with E-state index < -0.39 is 0 Å². The van der Waals surface area contributed by atoms with Crippen molar-refractivity contribution in [3.8, 4) is 12.8 Å². The molecule has 1 saturated heterocycles.